The van der Waals surface area contributed by atoms with Crippen LogP contribution >= 0.6 is 11.6 Å². The minimum absolute atomic E-state index is 0.00493. The van der Waals surface area contributed by atoms with Crippen LogP contribution in [0.15, 0.2) is 28.8 Å². The van der Waals surface area contributed by atoms with Gasteiger partial charge in [0.25, 0.3) is 0 Å². The normalized spacial score (nSPS) is 12.0. The maximum absolute atomic E-state index is 14.2. The van der Waals surface area contributed by atoms with E-state index >= 15 is 0 Å². The van der Waals surface area contributed by atoms with E-state index in [1.807, 2.05) is 6.92 Å². The van der Waals surface area contributed by atoms with E-state index in [1.165, 1.54) is 25.3 Å². The maximum Gasteiger partial charge on any atom is 0.227 e. The van der Waals surface area contributed by atoms with Crippen LogP contribution in [0.5, 0.6) is 11.6 Å². The molecule has 0 spiro atoms. The number of rotatable bonds is 7. The van der Waals surface area contributed by atoms with Crippen LogP contribution in [0.1, 0.15) is 20.8 Å². The number of nitrogens with one attached hydrogen (secondary N) is 1. The number of hydrogen-bond acceptors (Lipinski definition) is 6. The van der Waals surface area contributed by atoms with Crippen LogP contribution in [0.4, 0.5) is 4.39 Å². The van der Waals surface area contributed by atoms with Crippen LogP contribution in [0, 0.1) is 5.82 Å². The number of nitrogens with zero attached hydrogens (tertiary/aromatic N) is 2. The first-order valence-electron chi connectivity index (χ1n) is 8.66. The van der Waals surface area contributed by atoms with Gasteiger partial charge in [0.05, 0.1) is 23.9 Å². The van der Waals surface area contributed by atoms with Gasteiger partial charge >= 0.3 is 0 Å². The van der Waals surface area contributed by atoms with Gasteiger partial charge in [-0.2, -0.15) is 0 Å². The second kappa shape index (κ2) is 8.43. The van der Waals surface area contributed by atoms with Gasteiger partial charge in [-0.05, 0) is 26.0 Å². The molecule has 1 aromatic carbocycles. The Morgan fingerprint density at radius 1 is 1.36 bits per heavy atom. The summed E-state index contributed by atoms with van der Waals surface area (Å²) in [6, 6.07) is 4.19. The third kappa shape index (κ3) is 4.51. The van der Waals surface area contributed by atoms with Crippen LogP contribution in [0.25, 0.3) is 22.6 Å². The first-order chi connectivity index (χ1) is 13.4. The second-order valence-electron chi connectivity index (χ2n) is 6.12. The lowest BCUT2D eigenvalue weighted by molar-refractivity contribution is -0.119. The molecule has 0 saturated heterocycles. The van der Waals surface area contributed by atoms with Crippen molar-refractivity contribution in [2.24, 2.45) is 0 Å². The molecule has 9 heteroatoms. The molecule has 0 unspecified atom stereocenters. The van der Waals surface area contributed by atoms with Gasteiger partial charge in [0.1, 0.15) is 12.1 Å². The third-order valence-corrected chi connectivity index (χ3v) is 4.00. The average Bonchev–Trinajstić information content (AvgIpc) is 3.05. The fourth-order valence-corrected chi connectivity index (χ4v) is 2.84. The number of amides is 1. The van der Waals surface area contributed by atoms with Gasteiger partial charge in [-0.25, -0.2) is 14.4 Å². The summed E-state index contributed by atoms with van der Waals surface area (Å²) < 4.78 is 30.7. The number of carbonyl (C=O) groups excluding carboxylic acids is 1. The Bertz CT molecular complexity index is 985. The number of halogens is 2. The van der Waals surface area contributed by atoms with Gasteiger partial charge in [-0.15, -0.1) is 0 Å². The third-order valence-electron chi connectivity index (χ3n) is 3.71. The van der Waals surface area contributed by atoms with Gasteiger partial charge < -0.3 is 19.2 Å². The molecule has 0 aliphatic rings. The Hall–Kier alpha value is -2.87. The number of aromatic nitrogens is 2. The number of oxazole rings is 1. The highest BCUT2D eigenvalue weighted by Crippen LogP contribution is 2.34. The van der Waals surface area contributed by atoms with Crippen molar-refractivity contribution in [1.29, 1.82) is 0 Å². The summed E-state index contributed by atoms with van der Waals surface area (Å²) in [5, 5.41) is 2.85. The first-order valence-corrected chi connectivity index (χ1v) is 9.04. The Kier molecular flexibility index (Phi) is 5.99. The summed E-state index contributed by atoms with van der Waals surface area (Å²) in [4.78, 5) is 19.5. The SMILES string of the molecule is CCOc1c(F)cc(-c2nc3cnc(OC[C@H](C)NC(C)=O)cc3o2)cc1Cl. The standard InChI is InChI=1S/C19H19ClFN3O4/c1-4-26-18-13(20)5-12(6-14(18)21)19-24-15-8-22-17(7-16(15)28-19)27-9-10(2)23-11(3)25/h5-8,10H,4,9H2,1-3H3,(H,23,25)/t10-/m0/s1. The molecular weight excluding hydrogens is 389 g/mol. The topological polar surface area (TPSA) is 86.5 Å². The van der Waals surface area contributed by atoms with Crippen LogP contribution in [0.2, 0.25) is 5.02 Å². The van der Waals surface area contributed by atoms with E-state index in [1.54, 1.807) is 13.0 Å². The summed E-state index contributed by atoms with van der Waals surface area (Å²) >= 11 is 6.10. The van der Waals surface area contributed by atoms with Crippen LogP contribution in [-0.2, 0) is 4.79 Å². The zero-order valence-corrected chi connectivity index (χ0v) is 16.3. The molecule has 2 heterocycles. The van der Waals surface area contributed by atoms with Crippen molar-refractivity contribution in [3.63, 3.8) is 0 Å². The van der Waals surface area contributed by atoms with Gasteiger partial charge in [-0.3, -0.25) is 4.79 Å². The molecule has 1 N–H and O–H groups in total. The molecule has 0 radical (unpaired) electrons. The summed E-state index contributed by atoms with van der Waals surface area (Å²) in [5.41, 5.74) is 1.30. The van der Waals surface area contributed by atoms with Crippen LogP contribution in [-0.4, -0.2) is 35.1 Å². The Labute approximate surface area is 165 Å². The molecule has 148 valence electrons. The molecule has 7 nitrogen and oxygen atoms in total. The average molecular weight is 408 g/mol. The molecule has 1 atom stereocenters. The summed E-state index contributed by atoms with van der Waals surface area (Å²) in [5.74, 6) is -0.219. The highest BCUT2D eigenvalue weighted by atomic mass is 35.5. The van der Waals surface area contributed by atoms with E-state index in [0.717, 1.165) is 0 Å². The van der Waals surface area contributed by atoms with Crippen LogP contribution in [0.3, 0.4) is 0 Å². The minimum Gasteiger partial charge on any atom is -0.489 e. The number of benzene rings is 1. The van der Waals surface area contributed by atoms with Crippen molar-refractivity contribution < 1.29 is 23.1 Å². The Balaban J connectivity index is 1.82. The van der Waals surface area contributed by atoms with Crippen molar-refractivity contribution in [2.75, 3.05) is 13.2 Å². The number of ether oxygens (including phenoxy) is 2. The lowest BCUT2D eigenvalue weighted by Crippen LogP contribution is -2.35. The summed E-state index contributed by atoms with van der Waals surface area (Å²) in [7, 11) is 0. The largest absolute Gasteiger partial charge is 0.489 e. The Morgan fingerprint density at radius 3 is 2.82 bits per heavy atom. The fourth-order valence-electron chi connectivity index (χ4n) is 2.58. The highest BCUT2D eigenvalue weighted by Gasteiger charge is 2.16. The zero-order valence-electron chi connectivity index (χ0n) is 15.6. The lowest BCUT2D eigenvalue weighted by atomic mass is 10.2. The van der Waals surface area contributed by atoms with E-state index in [9.17, 15) is 9.18 Å². The lowest BCUT2D eigenvalue weighted by Gasteiger charge is -2.12. The van der Waals surface area contributed by atoms with E-state index < -0.39 is 5.82 Å². The molecule has 0 bridgehead atoms. The molecule has 28 heavy (non-hydrogen) atoms. The van der Waals surface area contributed by atoms with Crippen LogP contribution < -0.4 is 14.8 Å². The first kappa shape index (κ1) is 19.9. The van der Waals surface area contributed by atoms with Gasteiger partial charge in [-0.1, -0.05) is 11.6 Å². The number of pyridine rings is 1. The second-order valence-corrected chi connectivity index (χ2v) is 6.53. The van der Waals surface area contributed by atoms with Crippen molar-refractivity contribution >= 4 is 28.6 Å². The molecule has 2 aromatic heterocycles. The quantitative estimate of drug-likeness (QED) is 0.637. The molecule has 3 aromatic rings. The van der Waals surface area contributed by atoms with Crippen molar-refractivity contribution in [1.82, 2.24) is 15.3 Å². The van der Waals surface area contributed by atoms with Gasteiger partial charge in [0.2, 0.25) is 17.7 Å². The van der Waals surface area contributed by atoms with E-state index in [0.29, 0.717) is 29.2 Å². The van der Waals surface area contributed by atoms with E-state index in [-0.39, 0.29) is 35.2 Å². The van der Waals surface area contributed by atoms with Crippen molar-refractivity contribution in [3.8, 4) is 23.1 Å². The predicted molar refractivity (Wildman–Crippen MR) is 102 cm³/mol. The summed E-state index contributed by atoms with van der Waals surface area (Å²) in [6.45, 7) is 5.55. The molecule has 1 amide bonds. The smallest absolute Gasteiger partial charge is 0.227 e. The van der Waals surface area contributed by atoms with E-state index in [2.05, 4.69) is 15.3 Å². The number of fused-ring (bicyclic) bond motifs is 1. The Morgan fingerprint density at radius 2 is 2.14 bits per heavy atom. The number of hydrogen-bond donors (Lipinski definition) is 1. The molecule has 0 aliphatic heterocycles. The predicted octanol–water partition coefficient (Wildman–Crippen LogP) is 3.98. The molecular formula is C19H19ClFN3O4. The van der Waals surface area contributed by atoms with Crippen molar-refractivity contribution in [2.45, 2.75) is 26.8 Å². The maximum atomic E-state index is 14.2. The van der Waals surface area contributed by atoms with E-state index in [4.69, 9.17) is 25.5 Å². The highest BCUT2D eigenvalue weighted by molar-refractivity contribution is 6.32. The molecule has 0 aliphatic carbocycles. The zero-order chi connectivity index (χ0) is 20.3. The fraction of sp³-hybridized carbons (Fsp3) is 0.316. The molecule has 0 saturated carbocycles. The van der Waals surface area contributed by atoms with Crippen molar-refractivity contribution in [3.05, 3.63) is 35.2 Å². The van der Waals surface area contributed by atoms with Gasteiger partial charge in [0.15, 0.2) is 17.1 Å². The minimum atomic E-state index is -0.597. The molecule has 3 rings (SSSR count). The molecule has 0 fully saturated rings. The number of carbonyl (C=O) groups is 1. The monoisotopic (exact) mass is 407 g/mol. The van der Waals surface area contributed by atoms with Gasteiger partial charge in [0, 0.05) is 18.6 Å². The summed E-state index contributed by atoms with van der Waals surface area (Å²) in [6.07, 6.45) is 1.49.